The van der Waals surface area contributed by atoms with E-state index in [1.54, 1.807) is 0 Å². The van der Waals surface area contributed by atoms with E-state index in [-0.39, 0.29) is 98.8 Å². The van der Waals surface area contributed by atoms with Gasteiger partial charge in [0.25, 0.3) is 0 Å². The Morgan fingerprint density at radius 3 is 0.625 bits per heavy atom. The molecular formula is H9AgCuLiO4V. The zero-order valence-corrected chi connectivity index (χ0v) is 6.87. The van der Waals surface area contributed by atoms with Crippen molar-refractivity contribution < 1.29 is 79.9 Å². The van der Waals surface area contributed by atoms with Gasteiger partial charge in [0.2, 0.25) is 0 Å². The van der Waals surface area contributed by atoms with Gasteiger partial charge in [-0.1, -0.05) is 0 Å². The van der Waals surface area contributed by atoms with E-state index < -0.39 is 0 Å². The maximum atomic E-state index is 0. The molecule has 0 aliphatic carbocycles. The minimum atomic E-state index is 0. The summed E-state index contributed by atoms with van der Waals surface area (Å²) in [5.74, 6) is 0. The van der Waals surface area contributed by atoms with E-state index in [0.717, 1.165) is 0 Å². The zero-order valence-electron chi connectivity index (χ0n) is 3.05. The zero-order chi connectivity index (χ0) is 0. The van der Waals surface area contributed by atoms with Crippen molar-refractivity contribution in [1.82, 2.24) is 0 Å². The first-order valence-electron chi connectivity index (χ1n) is 0. The third-order valence-corrected chi connectivity index (χ3v) is 0. The predicted octanol–water partition coefficient (Wildman–Crippen LogP) is -3.95. The Balaban J connectivity index is 0. The van der Waals surface area contributed by atoms with Crippen LogP contribution in [0.25, 0.3) is 0 Å². The summed E-state index contributed by atoms with van der Waals surface area (Å²) < 4.78 is 0. The Morgan fingerprint density at radius 1 is 0.625 bits per heavy atom. The molecule has 0 aliphatic rings. The summed E-state index contributed by atoms with van der Waals surface area (Å²) in [7, 11) is 0. The summed E-state index contributed by atoms with van der Waals surface area (Å²) in [6.45, 7) is 0. The molecule has 0 aromatic heterocycles. The van der Waals surface area contributed by atoms with Gasteiger partial charge >= 0.3 is 18.9 Å². The molecule has 0 spiro atoms. The van der Waals surface area contributed by atoms with Gasteiger partial charge in [0.05, 0.1) is 0 Å². The molecule has 0 amide bonds. The largest absolute Gasteiger partial charge is 0 e. The fourth-order valence-electron chi connectivity index (χ4n) is 0. The normalized spacial score (nSPS) is 0. The van der Waals surface area contributed by atoms with Crippen molar-refractivity contribution in [2.75, 3.05) is 0 Å². The minimum Gasteiger partial charge on any atom is 0 e. The molecule has 8 N–H and O–H groups in total. The molecular weight excluding hydrogens is 293 g/mol. The summed E-state index contributed by atoms with van der Waals surface area (Å²) >= 11 is 0. The van der Waals surface area contributed by atoms with Crippen LogP contribution in [0.4, 0.5) is 0 Å². The van der Waals surface area contributed by atoms with Gasteiger partial charge in [-0.15, -0.1) is 0 Å². The summed E-state index contributed by atoms with van der Waals surface area (Å²) in [5, 5.41) is 0. The van der Waals surface area contributed by atoms with Gasteiger partial charge in [0, 0.05) is 58.0 Å². The molecule has 0 aliphatic heterocycles. The molecule has 0 heterocycles. The van der Waals surface area contributed by atoms with Gasteiger partial charge < -0.3 is 21.9 Å². The van der Waals surface area contributed by atoms with Gasteiger partial charge in [-0.05, 0) is 0 Å². The maximum absolute atomic E-state index is 0. The molecule has 0 bridgehead atoms. The average Bonchev–Trinajstić information content (AvgIpc) is 0. The second-order valence-corrected chi connectivity index (χ2v) is 0. The maximum Gasteiger partial charge on any atom is 0 e. The summed E-state index contributed by atoms with van der Waals surface area (Å²) in [6.07, 6.45) is 0. The van der Waals surface area contributed by atoms with Crippen LogP contribution in [0.15, 0.2) is 0 Å². The van der Waals surface area contributed by atoms with Crippen LogP contribution < -0.4 is 0 Å². The molecule has 61 valence electrons. The van der Waals surface area contributed by atoms with Crippen LogP contribution in [0.5, 0.6) is 0 Å². The Kier molecular flexibility index (Phi) is 2600. The number of hydrogen-bond acceptors (Lipinski definition) is 0. The van der Waals surface area contributed by atoms with Crippen LogP contribution in [-0.4, -0.2) is 40.8 Å². The quantitative estimate of drug-likeness (QED) is 0.405. The van der Waals surface area contributed by atoms with Crippen molar-refractivity contribution in [1.29, 1.82) is 0 Å². The van der Waals surface area contributed by atoms with Crippen LogP contribution >= 0.6 is 0 Å². The van der Waals surface area contributed by atoms with Crippen molar-refractivity contribution in [3.63, 3.8) is 0 Å². The van der Waals surface area contributed by atoms with E-state index in [1.807, 2.05) is 0 Å². The van der Waals surface area contributed by atoms with E-state index in [2.05, 4.69) is 0 Å². The van der Waals surface area contributed by atoms with E-state index in [9.17, 15) is 0 Å². The van der Waals surface area contributed by atoms with Crippen molar-refractivity contribution in [3.05, 3.63) is 0 Å². The Morgan fingerprint density at radius 2 is 0.625 bits per heavy atom. The van der Waals surface area contributed by atoms with Gasteiger partial charge in [0.1, 0.15) is 0 Å². The van der Waals surface area contributed by atoms with Gasteiger partial charge in [0.15, 0.2) is 0 Å². The Labute approximate surface area is 97.8 Å². The monoisotopic (exact) mass is 301 g/mol. The predicted molar refractivity (Wildman–Crippen MR) is 21.6 cm³/mol. The van der Waals surface area contributed by atoms with Crippen molar-refractivity contribution >= 4 is 18.9 Å². The molecule has 0 saturated carbocycles. The van der Waals surface area contributed by atoms with Crippen LogP contribution in [0, 0.1) is 0 Å². The fraction of sp³-hybridized carbons (Fsp3) is 0. The molecule has 0 rings (SSSR count). The smallest absolute Gasteiger partial charge is 0 e. The van der Waals surface area contributed by atoms with E-state index in [1.165, 1.54) is 0 Å². The molecule has 0 saturated heterocycles. The summed E-state index contributed by atoms with van der Waals surface area (Å²) in [6, 6.07) is 0. The van der Waals surface area contributed by atoms with Crippen LogP contribution in [0.3, 0.4) is 0 Å². The molecule has 3 radical (unpaired) electrons. The Bertz CT molecular complexity index is 16.0. The molecule has 0 aromatic rings. The Hall–Kier alpha value is 2.28. The standard InChI is InChI=1S/Ag.Cu.Li.4H2O.V.H/h;;;4*1H2;;. The summed E-state index contributed by atoms with van der Waals surface area (Å²) in [4.78, 5) is 0. The number of rotatable bonds is 0. The SMILES string of the molecule is O.O.O.O.[Ag].[Cu].[LiH].[V]. The van der Waals surface area contributed by atoms with Gasteiger partial charge in [-0.25, -0.2) is 0 Å². The summed E-state index contributed by atoms with van der Waals surface area (Å²) in [5.41, 5.74) is 0. The first-order chi connectivity index (χ1) is 0. The molecule has 8 heteroatoms. The minimum absolute atomic E-state index is 0. The third-order valence-electron chi connectivity index (χ3n) is 0. The molecule has 0 fully saturated rings. The average molecular weight is 302 g/mol. The first-order valence-corrected chi connectivity index (χ1v) is 0. The second kappa shape index (κ2) is 122. The fourth-order valence-corrected chi connectivity index (χ4v) is 0. The van der Waals surface area contributed by atoms with Crippen LogP contribution in [-0.2, 0) is 58.0 Å². The van der Waals surface area contributed by atoms with Crippen LogP contribution in [0.2, 0.25) is 0 Å². The molecule has 4 nitrogen and oxygen atoms in total. The second-order valence-electron chi connectivity index (χ2n) is 0. The molecule has 0 atom stereocenters. The first kappa shape index (κ1) is 170. The van der Waals surface area contributed by atoms with Crippen molar-refractivity contribution in [2.24, 2.45) is 0 Å². The molecule has 0 aromatic carbocycles. The van der Waals surface area contributed by atoms with Crippen molar-refractivity contribution in [3.8, 4) is 0 Å². The molecule has 0 unspecified atom stereocenters. The number of hydrogen-bond donors (Lipinski definition) is 0. The van der Waals surface area contributed by atoms with E-state index in [4.69, 9.17) is 0 Å². The topological polar surface area (TPSA) is 126 Å². The van der Waals surface area contributed by atoms with Crippen molar-refractivity contribution in [2.45, 2.75) is 0 Å². The van der Waals surface area contributed by atoms with E-state index >= 15 is 0 Å². The third kappa shape index (κ3) is 84.4. The molecule has 8 heavy (non-hydrogen) atoms. The van der Waals surface area contributed by atoms with Crippen LogP contribution in [0.1, 0.15) is 0 Å². The van der Waals surface area contributed by atoms with Gasteiger partial charge in [-0.3, -0.25) is 0 Å². The van der Waals surface area contributed by atoms with Gasteiger partial charge in [-0.2, -0.15) is 0 Å². The van der Waals surface area contributed by atoms with E-state index in [0.29, 0.717) is 0 Å².